The van der Waals surface area contributed by atoms with Crippen molar-refractivity contribution in [2.24, 2.45) is 0 Å². The number of aliphatic hydroxyl groups is 1. The Bertz CT molecular complexity index is 737. The quantitative estimate of drug-likeness (QED) is 0.914. The van der Waals surface area contributed by atoms with E-state index in [1.165, 1.54) is 0 Å². The Morgan fingerprint density at radius 1 is 1.12 bits per heavy atom. The number of hydrogen-bond acceptors (Lipinski definition) is 3. The summed E-state index contributed by atoms with van der Waals surface area (Å²) < 4.78 is 1.85. The molecule has 1 unspecified atom stereocenters. The molecule has 1 amide bonds. The molecule has 1 heterocycles. The van der Waals surface area contributed by atoms with Crippen LogP contribution in [0.15, 0.2) is 12.1 Å². The zero-order chi connectivity index (χ0) is 18.2. The van der Waals surface area contributed by atoms with E-state index < -0.39 is 6.10 Å². The third-order valence-electron chi connectivity index (χ3n) is 4.46. The maximum absolute atomic E-state index is 12.9. The van der Waals surface area contributed by atoms with Crippen molar-refractivity contribution >= 4 is 16.9 Å². The van der Waals surface area contributed by atoms with Gasteiger partial charge < -0.3 is 14.6 Å². The topological polar surface area (TPSA) is 58.4 Å². The highest BCUT2D eigenvalue weighted by Crippen LogP contribution is 2.24. The second-order valence-corrected chi connectivity index (χ2v) is 7.15. The lowest BCUT2D eigenvalue weighted by molar-refractivity contribution is -0.135. The van der Waals surface area contributed by atoms with Crippen LogP contribution in [0.25, 0.3) is 11.0 Å². The number of nitrogens with zero attached hydrogens (tertiary/aromatic N) is 3. The smallest absolute Gasteiger partial charge is 0.243 e. The highest BCUT2D eigenvalue weighted by molar-refractivity contribution is 5.82. The van der Waals surface area contributed by atoms with Crippen molar-refractivity contribution in [3.63, 3.8) is 0 Å². The molecule has 2 aromatic rings. The van der Waals surface area contributed by atoms with Gasteiger partial charge in [0.1, 0.15) is 18.5 Å². The average molecular weight is 331 g/mol. The van der Waals surface area contributed by atoms with Crippen molar-refractivity contribution in [3.8, 4) is 0 Å². The van der Waals surface area contributed by atoms with Gasteiger partial charge >= 0.3 is 0 Å². The van der Waals surface area contributed by atoms with Crippen molar-refractivity contribution in [1.29, 1.82) is 0 Å². The Balaban J connectivity index is 2.52. The Hall–Kier alpha value is -1.88. The number of carbonyl (C=O) groups excluding carboxylic acids is 1. The molecular weight excluding hydrogens is 302 g/mol. The lowest BCUT2D eigenvalue weighted by atomic mass is 10.1. The fraction of sp³-hybridized carbons (Fsp3) is 0.579. The minimum absolute atomic E-state index is 0.0411. The first-order valence-electron chi connectivity index (χ1n) is 8.60. The summed E-state index contributed by atoms with van der Waals surface area (Å²) >= 11 is 0. The fourth-order valence-corrected chi connectivity index (χ4v) is 3.27. The van der Waals surface area contributed by atoms with Crippen molar-refractivity contribution < 1.29 is 9.90 Å². The van der Waals surface area contributed by atoms with Crippen molar-refractivity contribution in [3.05, 3.63) is 29.1 Å². The number of carbonyl (C=O) groups is 1. The second kappa shape index (κ2) is 6.93. The molecule has 0 spiro atoms. The zero-order valence-electron chi connectivity index (χ0n) is 15.8. The van der Waals surface area contributed by atoms with Gasteiger partial charge in [0, 0.05) is 12.1 Å². The van der Waals surface area contributed by atoms with E-state index in [1.54, 1.807) is 6.92 Å². The van der Waals surface area contributed by atoms with Gasteiger partial charge in [-0.25, -0.2) is 4.98 Å². The van der Waals surface area contributed by atoms with E-state index in [2.05, 4.69) is 4.98 Å². The van der Waals surface area contributed by atoms with Gasteiger partial charge in [-0.15, -0.1) is 0 Å². The first kappa shape index (κ1) is 18.5. The van der Waals surface area contributed by atoms with Gasteiger partial charge in [-0.2, -0.15) is 0 Å². The molecule has 0 aliphatic carbocycles. The van der Waals surface area contributed by atoms with Gasteiger partial charge in [0.05, 0.1) is 11.0 Å². The minimum atomic E-state index is -0.725. The Morgan fingerprint density at radius 2 is 1.67 bits per heavy atom. The van der Waals surface area contributed by atoms with Crippen LogP contribution in [-0.2, 0) is 11.3 Å². The lowest BCUT2D eigenvalue weighted by Gasteiger charge is -2.31. The van der Waals surface area contributed by atoms with E-state index in [-0.39, 0.29) is 24.5 Å². The minimum Gasteiger partial charge on any atom is -0.385 e. The molecule has 0 saturated heterocycles. The van der Waals surface area contributed by atoms with E-state index in [4.69, 9.17) is 0 Å². The van der Waals surface area contributed by atoms with E-state index >= 15 is 0 Å². The Labute approximate surface area is 144 Å². The molecule has 0 aliphatic heterocycles. The highest BCUT2D eigenvalue weighted by atomic mass is 16.3. The van der Waals surface area contributed by atoms with Crippen LogP contribution in [0.2, 0.25) is 0 Å². The zero-order valence-corrected chi connectivity index (χ0v) is 15.8. The first-order valence-corrected chi connectivity index (χ1v) is 8.60. The van der Waals surface area contributed by atoms with Gasteiger partial charge in [-0.05, 0) is 71.7 Å². The van der Waals surface area contributed by atoms with Gasteiger partial charge in [0.25, 0.3) is 0 Å². The molecule has 1 aromatic heterocycles. The van der Waals surface area contributed by atoms with E-state index in [0.717, 1.165) is 22.2 Å². The summed E-state index contributed by atoms with van der Waals surface area (Å²) in [6.45, 7) is 14.0. The van der Waals surface area contributed by atoms with E-state index in [0.29, 0.717) is 5.82 Å². The molecule has 5 heteroatoms. The molecular formula is C19H29N3O2. The highest BCUT2D eigenvalue weighted by Gasteiger charge is 2.23. The largest absolute Gasteiger partial charge is 0.385 e. The molecule has 5 nitrogen and oxygen atoms in total. The SMILES string of the molecule is Cc1cc2nc(C(C)O)n(CC(=O)N(C(C)C)C(C)C)c2cc1C. The van der Waals surface area contributed by atoms with Crippen molar-refractivity contribution in [2.45, 2.75) is 73.2 Å². The van der Waals surface area contributed by atoms with Crippen LogP contribution in [-0.4, -0.2) is 37.5 Å². The molecule has 2 rings (SSSR count). The Morgan fingerprint density at radius 3 is 2.17 bits per heavy atom. The predicted molar refractivity (Wildman–Crippen MR) is 97.0 cm³/mol. The molecule has 0 bridgehead atoms. The van der Waals surface area contributed by atoms with Crippen LogP contribution in [0.3, 0.4) is 0 Å². The Kier molecular flexibility index (Phi) is 5.33. The van der Waals surface area contributed by atoms with Crippen molar-refractivity contribution in [1.82, 2.24) is 14.5 Å². The maximum Gasteiger partial charge on any atom is 0.243 e. The summed E-state index contributed by atoms with van der Waals surface area (Å²) in [5.41, 5.74) is 4.02. The van der Waals surface area contributed by atoms with Crippen LogP contribution in [0.1, 0.15) is 57.7 Å². The number of benzene rings is 1. The molecule has 0 aliphatic rings. The molecule has 0 saturated carbocycles. The predicted octanol–water partition coefficient (Wildman–Crippen LogP) is 3.35. The summed E-state index contributed by atoms with van der Waals surface area (Å²) in [4.78, 5) is 19.3. The third-order valence-corrected chi connectivity index (χ3v) is 4.46. The third kappa shape index (κ3) is 3.46. The number of aliphatic hydroxyl groups excluding tert-OH is 1. The molecule has 0 radical (unpaired) electrons. The van der Waals surface area contributed by atoms with Crippen LogP contribution < -0.4 is 0 Å². The number of imidazole rings is 1. The number of amides is 1. The molecule has 1 N–H and O–H groups in total. The van der Waals surface area contributed by atoms with E-state index in [1.807, 2.05) is 63.1 Å². The number of fused-ring (bicyclic) bond motifs is 1. The van der Waals surface area contributed by atoms with E-state index in [9.17, 15) is 9.90 Å². The van der Waals surface area contributed by atoms with Crippen LogP contribution >= 0.6 is 0 Å². The monoisotopic (exact) mass is 331 g/mol. The molecule has 0 fully saturated rings. The molecule has 132 valence electrons. The summed E-state index contributed by atoms with van der Waals surface area (Å²) in [6.07, 6.45) is -0.725. The maximum atomic E-state index is 12.9. The summed E-state index contributed by atoms with van der Waals surface area (Å²) in [5, 5.41) is 10.1. The summed E-state index contributed by atoms with van der Waals surface area (Å²) in [6, 6.07) is 4.32. The fourth-order valence-electron chi connectivity index (χ4n) is 3.27. The normalized spacial score (nSPS) is 13.1. The summed E-state index contributed by atoms with van der Waals surface area (Å²) in [7, 11) is 0. The lowest BCUT2D eigenvalue weighted by Crippen LogP contribution is -2.43. The summed E-state index contributed by atoms with van der Waals surface area (Å²) in [5.74, 6) is 0.579. The van der Waals surface area contributed by atoms with Crippen molar-refractivity contribution in [2.75, 3.05) is 0 Å². The standard InChI is InChI=1S/C19H29N3O2/c1-11(2)22(12(3)4)18(24)10-21-17-9-14(6)13(5)8-16(17)20-19(21)15(7)23/h8-9,11-12,15,23H,10H2,1-7H3. The van der Waals surface area contributed by atoms with Crippen LogP contribution in [0.4, 0.5) is 0 Å². The molecule has 24 heavy (non-hydrogen) atoms. The number of hydrogen-bond donors (Lipinski definition) is 1. The second-order valence-electron chi connectivity index (χ2n) is 7.15. The van der Waals surface area contributed by atoms with Crippen LogP contribution in [0.5, 0.6) is 0 Å². The molecule has 1 atom stereocenters. The van der Waals surface area contributed by atoms with Gasteiger partial charge in [0.2, 0.25) is 5.91 Å². The number of rotatable bonds is 5. The number of aromatic nitrogens is 2. The molecule has 1 aromatic carbocycles. The van der Waals surface area contributed by atoms with Crippen LogP contribution in [0, 0.1) is 13.8 Å². The van der Waals surface area contributed by atoms with Gasteiger partial charge in [0.15, 0.2) is 0 Å². The first-order chi connectivity index (χ1) is 11.1. The average Bonchev–Trinajstić information content (AvgIpc) is 2.77. The number of aryl methyl sites for hydroxylation is 2. The van der Waals surface area contributed by atoms with Gasteiger partial charge in [-0.1, -0.05) is 0 Å². The van der Waals surface area contributed by atoms with Gasteiger partial charge in [-0.3, -0.25) is 4.79 Å².